The van der Waals surface area contributed by atoms with Crippen LogP contribution in [0, 0.1) is 6.92 Å². The van der Waals surface area contributed by atoms with Crippen molar-refractivity contribution in [1.82, 2.24) is 4.90 Å². The number of nitrogens with zero attached hydrogens (tertiary/aromatic N) is 1. The molecule has 92 valence electrons. The van der Waals surface area contributed by atoms with Crippen molar-refractivity contribution in [1.29, 1.82) is 0 Å². The molecule has 2 rings (SSSR count). The second-order valence-electron chi connectivity index (χ2n) is 4.39. The van der Waals surface area contributed by atoms with E-state index in [9.17, 15) is 9.00 Å². The molecule has 3 nitrogen and oxygen atoms in total. The molecule has 1 aromatic carbocycles. The highest BCUT2D eigenvalue weighted by Gasteiger charge is 2.20. The quantitative estimate of drug-likeness (QED) is 0.820. The minimum atomic E-state index is -1.21. The van der Waals surface area contributed by atoms with Gasteiger partial charge >= 0.3 is 0 Å². The number of aryl methyl sites for hydroxylation is 1. The molecule has 0 radical (unpaired) electrons. The standard InChI is InChI=1S/C13H17NO2S/c1-11-4-6-12(7-5-11)17(16)10-13(15)14-8-2-3-9-14/h4-7H,2-3,8-10H2,1H3. The van der Waals surface area contributed by atoms with Crippen LogP contribution in [0.15, 0.2) is 29.2 Å². The van der Waals surface area contributed by atoms with E-state index in [2.05, 4.69) is 0 Å². The normalized spacial score (nSPS) is 17.1. The molecule has 0 saturated carbocycles. The first-order valence-electron chi connectivity index (χ1n) is 5.89. The molecule has 1 aliphatic rings. The lowest BCUT2D eigenvalue weighted by Gasteiger charge is -2.14. The van der Waals surface area contributed by atoms with Crippen molar-refractivity contribution in [3.05, 3.63) is 29.8 Å². The van der Waals surface area contributed by atoms with Crippen molar-refractivity contribution in [2.24, 2.45) is 0 Å². The fourth-order valence-electron chi connectivity index (χ4n) is 1.94. The smallest absolute Gasteiger partial charge is 0.235 e. The molecule has 0 bridgehead atoms. The van der Waals surface area contributed by atoms with Gasteiger partial charge in [0.25, 0.3) is 0 Å². The Labute approximate surface area is 104 Å². The van der Waals surface area contributed by atoms with Crippen LogP contribution < -0.4 is 0 Å². The number of carbonyl (C=O) groups is 1. The van der Waals surface area contributed by atoms with Gasteiger partial charge in [-0.05, 0) is 31.9 Å². The topological polar surface area (TPSA) is 37.4 Å². The minimum Gasteiger partial charge on any atom is -0.342 e. The molecule has 4 heteroatoms. The van der Waals surface area contributed by atoms with Crippen LogP contribution in [0.4, 0.5) is 0 Å². The minimum absolute atomic E-state index is 0.0152. The molecule has 1 aliphatic heterocycles. The number of rotatable bonds is 3. The van der Waals surface area contributed by atoms with Crippen LogP contribution in [0.3, 0.4) is 0 Å². The summed E-state index contributed by atoms with van der Waals surface area (Å²) in [6.45, 7) is 3.63. The maximum Gasteiger partial charge on any atom is 0.235 e. The fraction of sp³-hybridized carbons (Fsp3) is 0.462. The average molecular weight is 251 g/mol. The van der Waals surface area contributed by atoms with Gasteiger partial charge in [0, 0.05) is 18.0 Å². The number of amides is 1. The predicted octanol–water partition coefficient (Wildman–Crippen LogP) is 1.73. The Morgan fingerprint density at radius 3 is 2.41 bits per heavy atom. The summed E-state index contributed by atoms with van der Waals surface area (Å²) in [5.41, 5.74) is 1.14. The van der Waals surface area contributed by atoms with Gasteiger partial charge in [0.1, 0.15) is 5.75 Å². The van der Waals surface area contributed by atoms with Crippen LogP contribution in [0.5, 0.6) is 0 Å². The second kappa shape index (κ2) is 5.45. The van der Waals surface area contributed by atoms with Crippen molar-refractivity contribution in [3.63, 3.8) is 0 Å². The number of carbonyl (C=O) groups excluding carboxylic acids is 1. The Kier molecular flexibility index (Phi) is 3.94. The Hall–Kier alpha value is -1.16. The van der Waals surface area contributed by atoms with E-state index in [1.165, 1.54) is 0 Å². The third-order valence-corrected chi connectivity index (χ3v) is 4.30. The van der Waals surface area contributed by atoms with Gasteiger partial charge in [-0.15, -0.1) is 0 Å². The molecule has 0 aromatic heterocycles. The van der Waals surface area contributed by atoms with Gasteiger partial charge in [-0.2, -0.15) is 0 Å². The molecule has 1 saturated heterocycles. The lowest BCUT2D eigenvalue weighted by molar-refractivity contribution is -0.127. The molecular weight excluding hydrogens is 234 g/mol. The summed E-state index contributed by atoms with van der Waals surface area (Å²) in [5.74, 6) is 0.129. The molecule has 1 heterocycles. The average Bonchev–Trinajstić information content (AvgIpc) is 2.83. The highest BCUT2D eigenvalue weighted by molar-refractivity contribution is 7.85. The number of hydrogen-bond acceptors (Lipinski definition) is 2. The summed E-state index contributed by atoms with van der Waals surface area (Å²) in [7, 11) is -1.21. The maximum absolute atomic E-state index is 12.0. The van der Waals surface area contributed by atoms with Crippen LogP contribution in [0.1, 0.15) is 18.4 Å². The van der Waals surface area contributed by atoms with Crippen LogP contribution in [0.2, 0.25) is 0 Å². The van der Waals surface area contributed by atoms with E-state index in [1.54, 1.807) is 0 Å². The molecule has 1 amide bonds. The first kappa shape index (κ1) is 12.3. The van der Waals surface area contributed by atoms with E-state index >= 15 is 0 Å². The molecule has 17 heavy (non-hydrogen) atoms. The molecule has 0 aliphatic carbocycles. The number of likely N-dealkylation sites (tertiary alicyclic amines) is 1. The number of hydrogen-bond donors (Lipinski definition) is 0. The van der Waals surface area contributed by atoms with E-state index in [0.717, 1.165) is 36.4 Å². The summed E-state index contributed by atoms with van der Waals surface area (Å²) in [6, 6.07) is 7.52. The van der Waals surface area contributed by atoms with Gasteiger partial charge in [-0.3, -0.25) is 9.00 Å². The Balaban J connectivity index is 1.96. The van der Waals surface area contributed by atoms with E-state index < -0.39 is 10.8 Å². The fourth-order valence-corrected chi connectivity index (χ4v) is 2.96. The second-order valence-corrected chi connectivity index (χ2v) is 5.84. The third kappa shape index (κ3) is 3.16. The lowest BCUT2D eigenvalue weighted by Crippen LogP contribution is -2.31. The first-order chi connectivity index (χ1) is 8.16. The number of benzene rings is 1. The van der Waals surface area contributed by atoms with Crippen molar-refractivity contribution in [3.8, 4) is 0 Å². The highest BCUT2D eigenvalue weighted by Crippen LogP contribution is 2.12. The van der Waals surface area contributed by atoms with Gasteiger partial charge in [0.05, 0.1) is 10.8 Å². The molecule has 1 fully saturated rings. The molecular formula is C13H17NO2S. The molecule has 1 aromatic rings. The van der Waals surface area contributed by atoms with Crippen molar-refractivity contribution >= 4 is 16.7 Å². The van der Waals surface area contributed by atoms with Crippen LogP contribution in [0.25, 0.3) is 0 Å². The predicted molar refractivity (Wildman–Crippen MR) is 68.3 cm³/mol. The zero-order chi connectivity index (χ0) is 12.3. The largest absolute Gasteiger partial charge is 0.342 e. The summed E-state index contributed by atoms with van der Waals surface area (Å²) < 4.78 is 12.0. The third-order valence-electron chi connectivity index (χ3n) is 3.00. The zero-order valence-electron chi connectivity index (χ0n) is 10.0. The SMILES string of the molecule is Cc1ccc(S(=O)CC(=O)N2CCCC2)cc1. The zero-order valence-corrected chi connectivity index (χ0v) is 10.8. The van der Waals surface area contributed by atoms with Crippen LogP contribution in [-0.2, 0) is 15.6 Å². The molecule has 0 N–H and O–H groups in total. The summed E-state index contributed by atoms with van der Waals surface area (Å²) in [6.07, 6.45) is 2.14. The molecule has 0 spiro atoms. The van der Waals surface area contributed by atoms with E-state index in [1.807, 2.05) is 36.1 Å². The first-order valence-corrected chi connectivity index (χ1v) is 7.21. The Bertz CT molecular complexity index is 422. The molecule has 1 atom stereocenters. The Morgan fingerprint density at radius 1 is 1.24 bits per heavy atom. The van der Waals surface area contributed by atoms with E-state index in [4.69, 9.17) is 0 Å². The summed E-state index contributed by atoms with van der Waals surface area (Å²) >= 11 is 0. The van der Waals surface area contributed by atoms with Crippen LogP contribution >= 0.6 is 0 Å². The lowest BCUT2D eigenvalue weighted by atomic mass is 10.2. The van der Waals surface area contributed by atoms with Gasteiger partial charge in [0.15, 0.2) is 0 Å². The van der Waals surface area contributed by atoms with Crippen LogP contribution in [-0.4, -0.2) is 33.9 Å². The van der Waals surface area contributed by atoms with Gasteiger partial charge in [0.2, 0.25) is 5.91 Å². The Morgan fingerprint density at radius 2 is 1.82 bits per heavy atom. The summed E-state index contributed by atoms with van der Waals surface area (Å²) in [4.78, 5) is 14.4. The van der Waals surface area contributed by atoms with Gasteiger partial charge in [-0.25, -0.2) is 0 Å². The van der Waals surface area contributed by atoms with Crippen molar-refractivity contribution in [2.45, 2.75) is 24.7 Å². The van der Waals surface area contributed by atoms with Crippen molar-refractivity contribution in [2.75, 3.05) is 18.8 Å². The van der Waals surface area contributed by atoms with E-state index in [-0.39, 0.29) is 11.7 Å². The highest BCUT2D eigenvalue weighted by atomic mass is 32.2. The van der Waals surface area contributed by atoms with E-state index in [0.29, 0.717) is 0 Å². The van der Waals surface area contributed by atoms with Gasteiger partial charge < -0.3 is 4.90 Å². The van der Waals surface area contributed by atoms with Gasteiger partial charge in [-0.1, -0.05) is 17.7 Å². The monoisotopic (exact) mass is 251 g/mol. The summed E-state index contributed by atoms with van der Waals surface area (Å²) in [5, 5.41) is 0. The molecule has 1 unspecified atom stereocenters. The maximum atomic E-state index is 12.0. The van der Waals surface area contributed by atoms with Crippen molar-refractivity contribution < 1.29 is 9.00 Å².